The Balaban J connectivity index is 2.33. The first-order valence-corrected chi connectivity index (χ1v) is 6.24. The Kier molecular flexibility index (Phi) is 4.03. The maximum absolute atomic E-state index is 11.4. The van der Waals surface area contributed by atoms with E-state index < -0.39 is 5.43 Å². The summed E-state index contributed by atoms with van der Waals surface area (Å²) in [5, 5.41) is 17.2. The maximum atomic E-state index is 11.4. The zero-order chi connectivity index (χ0) is 13.0. The molecule has 0 aliphatic carbocycles. The summed E-state index contributed by atoms with van der Waals surface area (Å²) in [5.41, 5.74) is 0.640. The van der Waals surface area contributed by atoms with Crippen molar-refractivity contribution in [3.8, 4) is 5.75 Å². The van der Waals surface area contributed by atoms with Crippen LogP contribution < -0.4 is 5.43 Å². The van der Waals surface area contributed by atoms with Gasteiger partial charge in [-0.2, -0.15) is 10.2 Å². The fourth-order valence-electron chi connectivity index (χ4n) is 1.29. The SMILES string of the molecule is O=c1cc(N=Nc2cccc(I)c2)cccc1O. The van der Waals surface area contributed by atoms with Crippen LogP contribution in [0.3, 0.4) is 0 Å². The van der Waals surface area contributed by atoms with Gasteiger partial charge in [0.2, 0.25) is 5.43 Å². The van der Waals surface area contributed by atoms with Crippen molar-refractivity contribution in [2.24, 2.45) is 10.2 Å². The van der Waals surface area contributed by atoms with Gasteiger partial charge >= 0.3 is 0 Å². The summed E-state index contributed by atoms with van der Waals surface area (Å²) in [6, 6.07) is 13.3. The molecule has 2 aromatic rings. The van der Waals surface area contributed by atoms with Crippen LogP contribution in [0.2, 0.25) is 0 Å². The number of nitrogens with zero attached hydrogens (tertiary/aromatic N) is 2. The van der Waals surface area contributed by atoms with Crippen molar-refractivity contribution in [1.29, 1.82) is 0 Å². The summed E-state index contributed by atoms with van der Waals surface area (Å²) in [5.74, 6) is -0.300. The minimum atomic E-state index is -0.475. The highest BCUT2D eigenvalue weighted by Gasteiger charge is 1.95. The van der Waals surface area contributed by atoms with Gasteiger partial charge in [-0.1, -0.05) is 12.1 Å². The average Bonchev–Trinajstić information content (AvgIpc) is 2.50. The van der Waals surface area contributed by atoms with Crippen molar-refractivity contribution in [3.63, 3.8) is 0 Å². The van der Waals surface area contributed by atoms with E-state index in [1.807, 2.05) is 24.3 Å². The largest absolute Gasteiger partial charge is 0.504 e. The monoisotopic (exact) mass is 352 g/mol. The van der Waals surface area contributed by atoms with E-state index in [-0.39, 0.29) is 5.75 Å². The van der Waals surface area contributed by atoms with Gasteiger partial charge in [-0.3, -0.25) is 4.79 Å². The number of rotatable bonds is 2. The molecule has 0 aliphatic heterocycles. The van der Waals surface area contributed by atoms with Crippen molar-refractivity contribution in [3.05, 3.63) is 62.3 Å². The minimum absolute atomic E-state index is 0.300. The van der Waals surface area contributed by atoms with Crippen molar-refractivity contribution in [2.45, 2.75) is 0 Å². The third-order valence-corrected chi connectivity index (χ3v) is 2.81. The number of azo groups is 1. The Labute approximate surface area is 117 Å². The second kappa shape index (κ2) is 5.72. The summed E-state index contributed by atoms with van der Waals surface area (Å²) < 4.78 is 1.06. The van der Waals surface area contributed by atoms with E-state index in [9.17, 15) is 9.90 Å². The Hall–Kier alpha value is -1.76. The molecule has 18 heavy (non-hydrogen) atoms. The number of halogens is 1. The number of aromatic hydroxyl groups is 1. The molecule has 0 saturated carbocycles. The average molecular weight is 352 g/mol. The molecule has 5 heteroatoms. The van der Waals surface area contributed by atoms with Crippen molar-refractivity contribution in [1.82, 2.24) is 0 Å². The maximum Gasteiger partial charge on any atom is 0.222 e. The van der Waals surface area contributed by atoms with Gasteiger partial charge in [-0.15, -0.1) is 0 Å². The van der Waals surface area contributed by atoms with Crippen LogP contribution in [0, 0.1) is 3.57 Å². The van der Waals surface area contributed by atoms with Crippen molar-refractivity contribution < 1.29 is 5.11 Å². The molecule has 0 radical (unpaired) electrons. The standard InChI is InChI=1S/C13H9IN2O2/c14-9-3-1-4-10(7-9)15-16-11-5-2-6-12(17)13(18)8-11/h1-8H,(H,17,18). The molecule has 0 heterocycles. The van der Waals surface area contributed by atoms with Crippen LogP contribution in [0.4, 0.5) is 11.4 Å². The van der Waals surface area contributed by atoms with E-state index in [1.165, 1.54) is 12.1 Å². The van der Waals surface area contributed by atoms with Gasteiger partial charge in [0.15, 0.2) is 5.75 Å². The molecule has 0 saturated heterocycles. The summed E-state index contributed by atoms with van der Waals surface area (Å²) in [7, 11) is 0. The second-order valence-electron chi connectivity index (χ2n) is 3.52. The molecule has 0 aromatic heterocycles. The molecule has 0 bridgehead atoms. The van der Waals surface area contributed by atoms with Gasteiger partial charge in [0.1, 0.15) is 0 Å². The first-order valence-electron chi connectivity index (χ1n) is 5.16. The van der Waals surface area contributed by atoms with Gasteiger partial charge in [0.05, 0.1) is 11.4 Å². The van der Waals surface area contributed by atoms with Crippen LogP contribution in [0.25, 0.3) is 0 Å². The number of hydrogen-bond acceptors (Lipinski definition) is 4. The summed E-state index contributed by atoms with van der Waals surface area (Å²) >= 11 is 2.19. The molecule has 0 atom stereocenters. The molecule has 0 aliphatic rings. The molecule has 4 nitrogen and oxygen atoms in total. The summed E-state index contributed by atoms with van der Waals surface area (Å²) in [6.07, 6.45) is 0. The topological polar surface area (TPSA) is 62.0 Å². The molecule has 0 unspecified atom stereocenters. The highest BCUT2D eigenvalue weighted by molar-refractivity contribution is 14.1. The van der Waals surface area contributed by atoms with E-state index in [4.69, 9.17) is 0 Å². The number of benzene rings is 1. The van der Waals surface area contributed by atoms with Crippen LogP contribution in [0.15, 0.2) is 63.6 Å². The predicted octanol–water partition coefficient (Wildman–Crippen LogP) is 3.77. The Morgan fingerprint density at radius 2 is 1.56 bits per heavy atom. The smallest absolute Gasteiger partial charge is 0.222 e. The Morgan fingerprint density at radius 1 is 0.944 bits per heavy atom. The first kappa shape index (κ1) is 12.7. The lowest BCUT2D eigenvalue weighted by molar-refractivity contribution is 0.471. The minimum Gasteiger partial charge on any atom is -0.504 e. The molecule has 0 spiro atoms. The van der Waals surface area contributed by atoms with Gasteiger partial charge in [0.25, 0.3) is 0 Å². The zero-order valence-corrected chi connectivity index (χ0v) is 11.4. The van der Waals surface area contributed by atoms with Crippen molar-refractivity contribution >= 4 is 34.0 Å². The van der Waals surface area contributed by atoms with E-state index >= 15 is 0 Å². The van der Waals surface area contributed by atoms with Crippen LogP contribution in [0.1, 0.15) is 0 Å². The molecule has 2 aromatic carbocycles. The lowest BCUT2D eigenvalue weighted by atomic mass is 10.3. The molecule has 1 N–H and O–H groups in total. The predicted molar refractivity (Wildman–Crippen MR) is 77.7 cm³/mol. The van der Waals surface area contributed by atoms with E-state index in [1.54, 1.807) is 12.1 Å². The van der Waals surface area contributed by atoms with Crippen LogP contribution in [0.5, 0.6) is 5.75 Å². The zero-order valence-electron chi connectivity index (χ0n) is 9.25. The van der Waals surface area contributed by atoms with Gasteiger partial charge in [0, 0.05) is 9.64 Å². The third-order valence-electron chi connectivity index (χ3n) is 2.14. The van der Waals surface area contributed by atoms with Crippen molar-refractivity contribution in [2.75, 3.05) is 0 Å². The Morgan fingerprint density at radius 3 is 2.22 bits per heavy atom. The summed E-state index contributed by atoms with van der Waals surface area (Å²) in [6.45, 7) is 0. The van der Waals surface area contributed by atoms with E-state index in [2.05, 4.69) is 32.8 Å². The Bertz CT molecular complexity index is 656. The molecule has 0 fully saturated rings. The van der Waals surface area contributed by atoms with Gasteiger partial charge < -0.3 is 5.11 Å². The van der Waals surface area contributed by atoms with Gasteiger partial charge in [-0.25, -0.2) is 0 Å². The van der Waals surface area contributed by atoms with Crippen LogP contribution in [-0.2, 0) is 0 Å². The van der Waals surface area contributed by atoms with Crippen LogP contribution in [-0.4, -0.2) is 5.11 Å². The highest BCUT2D eigenvalue weighted by Crippen LogP contribution is 2.19. The molecular formula is C13H9IN2O2. The highest BCUT2D eigenvalue weighted by atomic mass is 127. The van der Waals surface area contributed by atoms with E-state index in [0.717, 1.165) is 3.57 Å². The molecular weight excluding hydrogens is 343 g/mol. The lowest BCUT2D eigenvalue weighted by Gasteiger charge is -1.92. The second-order valence-corrected chi connectivity index (χ2v) is 4.77. The summed E-state index contributed by atoms with van der Waals surface area (Å²) in [4.78, 5) is 11.4. The fourth-order valence-corrected chi connectivity index (χ4v) is 1.82. The lowest BCUT2D eigenvalue weighted by Crippen LogP contribution is -1.91. The van der Waals surface area contributed by atoms with Gasteiger partial charge in [-0.05, 0) is 52.9 Å². The van der Waals surface area contributed by atoms with Crippen LogP contribution >= 0.6 is 22.6 Å². The fraction of sp³-hybridized carbons (Fsp3) is 0. The third kappa shape index (κ3) is 3.36. The molecule has 0 amide bonds. The number of hydrogen-bond donors (Lipinski definition) is 1. The molecule has 2 rings (SSSR count). The first-order chi connectivity index (χ1) is 8.65. The van der Waals surface area contributed by atoms with E-state index in [0.29, 0.717) is 11.4 Å². The molecule has 90 valence electrons. The quantitative estimate of drug-likeness (QED) is 0.661. The normalized spacial score (nSPS) is 10.7.